The van der Waals surface area contributed by atoms with Gasteiger partial charge in [0.15, 0.2) is 0 Å². The maximum Gasteiger partial charge on any atom is 0.0675 e. The van der Waals surface area contributed by atoms with Gasteiger partial charge in [-0.15, -0.1) is 0 Å². The second kappa shape index (κ2) is 3.35. The van der Waals surface area contributed by atoms with E-state index >= 15 is 0 Å². The second-order valence-corrected chi connectivity index (χ2v) is 4.79. The Labute approximate surface area is 74.9 Å². The zero-order valence-electron chi connectivity index (χ0n) is 8.50. The molecule has 2 atom stereocenters. The van der Waals surface area contributed by atoms with E-state index < -0.39 is 0 Å². The third-order valence-electron chi connectivity index (χ3n) is 2.76. The Bertz CT molecular complexity index is 152. The SMILES string of the molecule is CC(C)CO[C@H]1C[C@H](O)C1(C)C. The highest BCUT2D eigenvalue weighted by Crippen LogP contribution is 2.42. The van der Waals surface area contributed by atoms with Gasteiger partial charge in [0.05, 0.1) is 12.2 Å². The lowest BCUT2D eigenvalue weighted by Gasteiger charge is -2.48. The first-order chi connectivity index (χ1) is 5.44. The zero-order chi connectivity index (χ0) is 9.35. The lowest BCUT2D eigenvalue weighted by Crippen LogP contribution is -2.54. The first kappa shape index (κ1) is 10.0. The van der Waals surface area contributed by atoms with Crippen molar-refractivity contribution in [2.75, 3.05) is 6.61 Å². The topological polar surface area (TPSA) is 29.5 Å². The summed E-state index contributed by atoms with van der Waals surface area (Å²) in [5.41, 5.74) is -0.0328. The van der Waals surface area contributed by atoms with Crippen LogP contribution in [0, 0.1) is 11.3 Å². The molecule has 0 amide bonds. The van der Waals surface area contributed by atoms with Gasteiger partial charge in [0.25, 0.3) is 0 Å². The van der Waals surface area contributed by atoms with Crippen LogP contribution in [-0.2, 0) is 4.74 Å². The van der Waals surface area contributed by atoms with Crippen molar-refractivity contribution in [1.82, 2.24) is 0 Å². The maximum atomic E-state index is 9.43. The van der Waals surface area contributed by atoms with Crippen LogP contribution in [-0.4, -0.2) is 23.9 Å². The van der Waals surface area contributed by atoms with Crippen LogP contribution in [0.3, 0.4) is 0 Å². The van der Waals surface area contributed by atoms with Crippen LogP contribution in [0.25, 0.3) is 0 Å². The molecule has 0 heterocycles. The van der Waals surface area contributed by atoms with E-state index in [0.29, 0.717) is 5.92 Å². The number of rotatable bonds is 3. The number of hydrogen-bond acceptors (Lipinski definition) is 2. The van der Waals surface area contributed by atoms with Gasteiger partial charge in [-0.05, 0) is 5.92 Å². The van der Waals surface area contributed by atoms with Crippen molar-refractivity contribution in [3.63, 3.8) is 0 Å². The summed E-state index contributed by atoms with van der Waals surface area (Å²) in [5, 5.41) is 9.43. The van der Waals surface area contributed by atoms with Gasteiger partial charge >= 0.3 is 0 Å². The molecule has 1 N–H and O–H groups in total. The fourth-order valence-corrected chi connectivity index (χ4v) is 1.46. The minimum atomic E-state index is -0.172. The van der Waals surface area contributed by atoms with Gasteiger partial charge in [-0.1, -0.05) is 27.7 Å². The normalized spacial score (nSPS) is 33.5. The predicted octanol–water partition coefficient (Wildman–Crippen LogP) is 1.82. The summed E-state index contributed by atoms with van der Waals surface area (Å²) in [7, 11) is 0. The number of hydrogen-bond donors (Lipinski definition) is 1. The van der Waals surface area contributed by atoms with Crippen LogP contribution in [0.1, 0.15) is 34.1 Å². The van der Waals surface area contributed by atoms with Crippen LogP contribution in [0.5, 0.6) is 0 Å². The molecule has 0 radical (unpaired) electrons. The van der Waals surface area contributed by atoms with Crippen LogP contribution in [0.15, 0.2) is 0 Å². The Morgan fingerprint density at radius 3 is 2.42 bits per heavy atom. The van der Waals surface area contributed by atoms with E-state index in [4.69, 9.17) is 4.74 Å². The first-order valence-corrected chi connectivity index (χ1v) is 4.74. The highest BCUT2D eigenvalue weighted by atomic mass is 16.5. The van der Waals surface area contributed by atoms with E-state index in [1.165, 1.54) is 0 Å². The average Bonchev–Trinajstić information content (AvgIpc) is 1.97. The average molecular weight is 172 g/mol. The van der Waals surface area contributed by atoms with Crippen molar-refractivity contribution >= 4 is 0 Å². The first-order valence-electron chi connectivity index (χ1n) is 4.74. The minimum Gasteiger partial charge on any atom is -0.392 e. The fraction of sp³-hybridized carbons (Fsp3) is 1.00. The number of aliphatic hydroxyl groups is 1. The highest BCUT2D eigenvalue weighted by molar-refractivity contribution is 4.98. The molecule has 0 bridgehead atoms. The molecule has 1 aliphatic rings. The molecule has 0 unspecified atom stereocenters. The quantitative estimate of drug-likeness (QED) is 0.703. The number of ether oxygens (including phenoxy) is 1. The van der Waals surface area contributed by atoms with Gasteiger partial charge in [0.2, 0.25) is 0 Å². The Kier molecular flexibility index (Phi) is 2.79. The van der Waals surface area contributed by atoms with Gasteiger partial charge < -0.3 is 9.84 Å². The second-order valence-electron chi connectivity index (χ2n) is 4.79. The van der Waals surface area contributed by atoms with Crippen LogP contribution in [0.4, 0.5) is 0 Å². The Morgan fingerprint density at radius 2 is 2.08 bits per heavy atom. The van der Waals surface area contributed by atoms with Crippen molar-refractivity contribution in [3.8, 4) is 0 Å². The Morgan fingerprint density at radius 1 is 1.50 bits per heavy atom. The van der Waals surface area contributed by atoms with Gasteiger partial charge in [0.1, 0.15) is 0 Å². The van der Waals surface area contributed by atoms with E-state index in [2.05, 4.69) is 27.7 Å². The summed E-state index contributed by atoms with van der Waals surface area (Å²) in [4.78, 5) is 0. The standard InChI is InChI=1S/C10H20O2/c1-7(2)6-12-9-5-8(11)10(9,3)4/h7-9,11H,5-6H2,1-4H3/t8-,9-/m0/s1. The molecular formula is C10H20O2. The largest absolute Gasteiger partial charge is 0.392 e. The molecule has 0 aromatic heterocycles. The Hall–Kier alpha value is -0.0800. The van der Waals surface area contributed by atoms with E-state index in [0.717, 1.165) is 13.0 Å². The molecule has 1 rings (SSSR count). The lowest BCUT2D eigenvalue weighted by atomic mass is 9.66. The molecule has 1 saturated carbocycles. The van der Waals surface area contributed by atoms with Crippen molar-refractivity contribution in [2.24, 2.45) is 11.3 Å². The third kappa shape index (κ3) is 1.80. The molecule has 2 nitrogen and oxygen atoms in total. The predicted molar refractivity (Wildman–Crippen MR) is 49.0 cm³/mol. The van der Waals surface area contributed by atoms with E-state index in [1.807, 2.05) is 0 Å². The summed E-state index contributed by atoms with van der Waals surface area (Å²) >= 11 is 0. The van der Waals surface area contributed by atoms with Gasteiger partial charge in [-0.3, -0.25) is 0 Å². The van der Waals surface area contributed by atoms with Gasteiger partial charge in [0, 0.05) is 18.4 Å². The van der Waals surface area contributed by atoms with E-state index in [1.54, 1.807) is 0 Å². The van der Waals surface area contributed by atoms with Crippen molar-refractivity contribution in [2.45, 2.75) is 46.3 Å². The minimum absolute atomic E-state index is 0.0328. The molecule has 0 spiro atoms. The third-order valence-corrected chi connectivity index (χ3v) is 2.76. The molecule has 2 heteroatoms. The van der Waals surface area contributed by atoms with Crippen molar-refractivity contribution in [3.05, 3.63) is 0 Å². The summed E-state index contributed by atoms with van der Waals surface area (Å²) in [6, 6.07) is 0. The Balaban J connectivity index is 2.28. The molecule has 72 valence electrons. The summed E-state index contributed by atoms with van der Waals surface area (Å²) in [6.45, 7) is 9.21. The molecule has 0 aromatic carbocycles. The molecule has 0 saturated heterocycles. The van der Waals surface area contributed by atoms with Gasteiger partial charge in [-0.25, -0.2) is 0 Å². The van der Waals surface area contributed by atoms with E-state index in [9.17, 15) is 5.11 Å². The smallest absolute Gasteiger partial charge is 0.0675 e. The molecule has 12 heavy (non-hydrogen) atoms. The van der Waals surface area contributed by atoms with Crippen molar-refractivity contribution < 1.29 is 9.84 Å². The highest BCUT2D eigenvalue weighted by Gasteiger charge is 2.48. The molecule has 1 fully saturated rings. The molecule has 0 aromatic rings. The number of aliphatic hydroxyl groups excluding tert-OH is 1. The summed E-state index contributed by atoms with van der Waals surface area (Å²) in [5.74, 6) is 0.582. The monoisotopic (exact) mass is 172 g/mol. The van der Waals surface area contributed by atoms with Gasteiger partial charge in [-0.2, -0.15) is 0 Å². The molecule has 1 aliphatic carbocycles. The summed E-state index contributed by atoms with van der Waals surface area (Å²) < 4.78 is 5.67. The molecular weight excluding hydrogens is 152 g/mol. The summed E-state index contributed by atoms with van der Waals surface area (Å²) in [6.07, 6.45) is 0.893. The van der Waals surface area contributed by atoms with E-state index in [-0.39, 0.29) is 17.6 Å². The zero-order valence-corrected chi connectivity index (χ0v) is 8.50. The van der Waals surface area contributed by atoms with Crippen LogP contribution < -0.4 is 0 Å². The van der Waals surface area contributed by atoms with Crippen LogP contribution in [0.2, 0.25) is 0 Å². The van der Waals surface area contributed by atoms with Crippen molar-refractivity contribution in [1.29, 1.82) is 0 Å². The maximum absolute atomic E-state index is 9.43. The lowest BCUT2D eigenvalue weighted by molar-refractivity contribution is -0.178. The fourth-order valence-electron chi connectivity index (χ4n) is 1.46. The van der Waals surface area contributed by atoms with Crippen LogP contribution >= 0.6 is 0 Å². The molecule has 0 aliphatic heterocycles.